The maximum Gasteiger partial charge on any atom is 0.191 e. The van der Waals surface area contributed by atoms with Crippen LogP contribution in [0.2, 0.25) is 0 Å². The largest absolute Gasteiger partial charge is 0.445 e. The summed E-state index contributed by atoms with van der Waals surface area (Å²) in [5, 5.41) is 0. The van der Waals surface area contributed by atoms with Crippen LogP contribution in [0.4, 0.5) is 0 Å². The Bertz CT molecular complexity index is 502. The van der Waals surface area contributed by atoms with Crippen LogP contribution in [0.15, 0.2) is 33.2 Å². The number of oxazole rings is 1. The third-order valence-corrected chi connectivity index (χ3v) is 2.88. The summed E-state index contributed by atoms with van der Waals surface area (Å²) in [5.74, 6) is 2.02. The number of nitrogens with zero attached hydrogens (tertiary/aromatic N) is 1. The lowest BCUT2D eigenvalue weighted by molar-refractivity contribution is 0.457. The Morgan fingerprint density at radius 1 is 1.31 bits per heavy atom. The molecule has 0 atom stereocenters. The third kappa shape index (κ3) is 2.19. The molecule has 0 spiro atoms. The first-order valence-electron chi connectivity index (χ1n) is 5.31. The van der Waals surface area contributed by atoms with Crippen molar-refractivity contribution in [2.24, 2.45) is 0 Å². The summed E-state index contributed by atoms with van der Waals surface area (Å²) in [5.41, 5.74) is 2.05. The lowest BCUT2D eigenvalue weighted by Crippen LogP contribution is -1.88. The van der Waals surface area contributed by atoms with Crippen LogP contribution in [-0.2, 0) is 0 Å². The van der Waals surface area contributed by atoms with Gasteiger partial charge in [-0.05, 0) is 12.1 Å². The molecule has 3 heteroatoms. The monoisotopic (exact) mass is 279 g/mol. The molecule has 2 rings (SSSR count). The van der Waals surface area contributed by atoms with Crippen molar-refractivity contribution in [1.29, 1.82) is 0 Å². The third-order valence-electron chi connectivity index (χ3n) is 2.38. The van der Waals surface area contributed by atoms with Crippen LogP contribution in [0.1, 0.15) is 31.4 Å². The number of hydrogen-bond acceptors (Lipinski definition) is 2. The number of halogens is 1. The first kappa shape index (κ1) is 11.4. The molecule has 0 aliphatic heterocycles. The van der Waals surface area contributed by atoms with E-state index in [2.05, 4.69) is 40.8 Å². The SMILES string of the molecule is Cc1nc(-c2cccc(Br)c2)c(C(C)C)o1. The fraction of sp³-hybridized carbons (Fsp3) is 0.308. The van der Waals surface area contributed by atoms with E-state index < -0.39 is 0 Å². The van der Waals surface area contributed by atoms with Crippen molar-refractivity contribution in [3.8, 4) is 11.3 Å². The van der Waals surface area contributed by atoms with Crippen LogP contribution in [0.25, 0.3) is 11.3 Å². The molecule has 84 valence electrons. The number of rotatable bonds is 2. The van der Waals surface area contributed by atoms with Crippen molar-refractivity contribution in [2.75, 3.05) is 0 Å². The molecule has 0 aliphatic rings. The molecular formula is C13H14BrNO. The van der Waals surface area contributed by atoms with Gasteiger partial charge >= 0.3 is 0 Å². The minimum Gasteiger partial charge on any atom is -0.445 e. The highest BCUT2D eigenvalue weighted by Gasteiger charge is 2.15. The van der Waals surface area contributed by atoms with E-state index in [1.54, 1.807) is 0 Å². The Morgan fingerprint density at radius 3 is 2.69 bits per heavy atom. The van der Waals surface area contributed by atoms with Crippen LogP contribution in [0.5, 0.6) is 0 Å². The second kappa shape index (κ2) is 4.42. The molecular weight excluding hydrogens is 266 g/mol. The molecule has 0 radical (unpaired) electrons. The normalized spacial score (nSPS) is 11.1. The number of aromatic nitrogens is 1. The second-order valence-corrected chi connectivity index (χ2v) is 5.03. The van der Waals surface area contributed by atoms with Gasteiger partial charge in [-0.1, -0.05) is 41.9 Å². The summed E-state index contributed by atoms with van der Waals surface area (Å²) in [7, 11) is 0. The van der Waals surface area contributed by atoms with Crippen molar-refractivity contribution in [3.63, 3.8) is 0 Å². The van der Waals surface area contributed by atoms with Gasteiger partial charge in [-0.25, -0.2) is 4.98 Å². The average molecular weight is 280 g/mol. The summed E-state index contributed by atoms with van der Waals surface area (Å²) in [6.45, 7) is 6.11. The topological polar surface area (TPSA) is 26.0 Å². The molecule has 0 bridgehead atoms. The van der Waals surface area contributed by atoms with Gasteiger partial charge in [-0.2, -0.15) is 0 Å². The zero-order valence-corrected chi connectivity index (χ0v) is 11.2. The van der Waals surface area contributed by atoms with Gasteiger partial charge in [0.05, 0.1) is 0 Å². The smallest absolute Gasteiger partial charge is 0.191 e. The molecule has 16 heavy (non-hydrogen) atoms. The van der Waals surface area contributed by atoms with E-state index in [0.717, 1.165) is 27.4 Å². The maximum absolute atomic E-state index is 5.64. The number of hydrogen-bond donors (Lipinski definition) is 0. The Balaban J connectivity index is 2.55. The van der Waals surface area contributed by atoms with Gasteiger partial charge in [0.15, 0.2) is 5.89 Å². The highest BCUT2D eigenvalue weighted by molar-refractivity contribution is 9.10. The van der Waals surface area contributed by atoms with Crippen molar-refractivity contribution >= 4 is 15.9 Å². The molecule has 0 saturated heterocycles. The van der Waals surface area contributed by atoms with Crippen LogP contribution in [0.3, 0.4) is 0 Å². The fourth-order valence-corrected chi connectivity index (χ4v) is 2.08. The molecule has 0 fully saturated rings. The fourth-order valence-electron chi connectivity index (χ4n) is 1.68. The molecule has 0 N–H and O–H groups in total. The summed E-state index contributed by atoms with van der Waals surface area (Å²) in [4.78, 5) is 4.46. The number of aryl methyl sites for hydroxylation is 1. The molecule has 1 aromatic carbocycles. The second-order valence-electron chi connectivity index (χ2n) is 4.11. The van der Waals surface area contributed by atoms with Gasteiger partial charge in [0, 0.05) is 22.9 Å². The van der Waals surface area contributed by atoms with Crippen LogP contribution in [0, 0.1) is 6.92 Å². The van der Waals surface area contributed by atoms with Gasteiger partial charge in [0.25, 0.3) is 0 Å². The highest BCUT2D eigenvalue weighted by atomic mass is 79.9. The molecule has 1 heterocycles. The van der Waals surface area contributed by atoms with Gasteiger partial charge in [-0.3, -0.25) is 0 Å². The van der Waals surface area contributed by atoms with Crippen molar-refractivity contribution in [1.82, 2.24) is 4.98 Å². The molecule has 0 aliphatic carbocycles. The highest BCUT2D eigenvalue weighted by Crippen LogP contribution is 2.30. The molecule has 0 amide bonds. The minimum atomic E-state index is 0.343. The molecule has 1 aromatic heterocycles. The maximum atomic E-state index is 5.64. The Labute approximate surface area is 104 Å². The summed E-state index contributed by atoms with van der Waals surface area (Å²) in [6, 6.07) is 8.12. The quantitative estimate of drug-likeness (QED) is 0.807. The van der Waals surface area contributed by atoms with Crippen LogP contribution < -0.4 is 0 Å². The van der Waals surface area contributed by atoms with E-state index in [1.165, 1.54) is 0 Å². The number of benzene rings is 1. The summed E-state index contributed by atoms with van der Waals surface area (Å²) in [6.07, 6.45) is 0. The summed E-state index contributed by atoms with van der Waals surface area (Å²) < 4.78 is 6.70. The van der Waals surface area contributed by atoms with Gasteiger partial charge in [0.1, 0.15) is 11.5 Å². The van der Waals surface area contributed by atoms with E-state index in [-0.39, 0.29) is 0 Å². The first-order chi connectivity index (χ1) is 7.58. The Morgan fingerprint density at radius 2 is 2.06 bits per heavy atom. The van der Waals surface area contributed by atoms with Crippen LogP contribution >= 0.6 is 15.9 Å². The van der Waals surface area contributed by atoms with Gasteiger partial charge in [-0.15, -0.1) is 0 Å². The lowest BCUT2D eigenvalue weighted by atomic mass is 10.0. The lowest BCUT2D eigenvalue weighted by Gasteiger charge is -2.04. The Hall–Kier alpha value is -1.09. The van der Waals surface area contributed by atoms with Crippen molar-refractivity contribution in [2.45, 2.75) is 26.7 Å². The zero-order chi connectivity index (χ0) is 11.7. The van der Waals surface area contributed by atoms with E-state index in [9.17, 15) is 0 Å². The van der Waals surface area contributed by atoms with Crippen LogP contribution in [-0.4, -0.2) is 4.98 Å². The van der Waals surface area contributed by atoms with Gasteiger partial charge < -0.3 is 4.42 Å². The summed E-state index contributed by atoms with van der Waals surface area (Å²) >= 11 is 3.47. The Kier molecular flexibility index (Phi) is 3.15. The minimum absolute atomic E-state index is 0.343. The van der Waals surface area contributed by atoms with E-state index in [0.29, 0.717) is 5.92 Å². The standard InChI is InChI=1S/C13H14BrNO/c1-8(2)13-12(15-9(3)16-13)10-5-4-6-11(14)7-10/h4-8H,1-3H3. The average Bonchev–Trinajstić information content (AvgIpc) is 2.60. The first-order valence-corrected chi connectivity index (χ1v) is 6.10. The van der Waals surface area contributed by atoms with E-state index >= 15 is 0 Å². The van der Waals surface area contributed by atoms with E-state index in [1.807, 2.05) is 25.1 Å². The van der Waals surface area contributed by atoms with Crippen molar-refractivity contribution < 1.29 is 4.42 Å². The molecule has 2 aromatic rings. The molecule has 2 nitrogen and oxygen atoms in total. The van der Waals surface area contributed by atoms with Gasteiger partial charge in [0.2, 0.25) is 0 Å². The van der Waals surface area contributed by atoms with Crippen molar-refractivity contribution in [3.05, 3.63) is 40.4 Å². The molecule has 0 unspecified atom stereocenters. The zero-order valence-electron chi connectivity index (χ0n) is 9.62. The molecule has 0 saturated carbocycles. The predicted octanol–water partition coefficient (Wildman–Crippen LogP) is 4.54. The predicted molar refractivity (Wildman–Crippen MR) is 68.5 cm³/mol. The van der Waals surface area contributed by atoms with E-state index in [4.69, 9.17) is 4.42 Å².